The van der Waals surface area contributed by atoms with Gasteiger partial charge in [-0.2, -0.15) is 8.78 Å². The molecule has 23 heavy (non-hydrogen) atoms. The predicted octanol–water partition coefficient (Wildman–Crippen LogP) is 4.42. The van der Waals surface area contributed by atoms with Crippen LogP contribution >= 0.6 is 11.9 Å². The fourth-order valence-electron chi connectivity index (χ4n) is 1.61. The fraction of sp³-hybridized carbons (Fsp3) is 0.438. The molecule has 1 aromatic carbocycles. The second kappa shape index (κ2) is 16.9. The van der Waals surface area contributed by atoms with Gasteiger partial charge in [-0.1, -0.05) is 0 Å². The fourth-order valence-corrected chi connectivity index (χ4v) is 2.61. The van der Waals surface area contributed by atoms with E-state index in [0.717, 1.165) is 18.0 Å². The van der Waals surface area contributed by atoms with Gasteiger partial charge in [0.25, 0.3) is 0 Å². The van der Waals surface area contributed by atoms with Crippen molar-refractivity contribution < 1.29 is 13.5 Å². The topological polar surface area (TPSA) is 62.3 Å². The number of hydrogen-bond acceptors (Lipinski definition) is 5. The average Bonchev–Trinajstić information content (AvgIpc) is 3.06. The molecule has 1 heterocycles. The summed E-state index contributed by atoms with van der Waals surface area (Å²) in [7, 11) is 1.50. The van der Waals surface area contributed by atoms with E-state index in [-0.39, 0.29) is 5.75 Å². The van der Waals surface area contributed by atoms with Gasteiger partial charge in [-0.3, -0.25) is 0 Å². The molecule has 0 spiro atoms. The molecule has 0 bridgehead atoms. The number of benzene rings is 1. The largest absolute Gasteiger partial charge is 0.435 e. The van der Waals surface area contributed by atoms with Crippen LogP contribution in [-0.4, -0.2) is 37.3 Å². The third-order valence-electron chi connectivity index (χ3n) is 2.35. The van der Waals surface area contributed by atoms with Crippen LogP contribution in [0.4, 0.5) is 8.78 Å². The van der Waals surface area contributed by atoms with E-state index in [0.29, 0.717) is 0 Å². The van der Waals surface area contributed by atoms with E-state index in [4.69, 9.17) is 5.41 Å². The summed E-state index contributed by atoms with van der Waals surface area (Å²) >= 11 is 1.67. The summed E-state index contributed by atoms with van der Waals surface area (Å²) in [6.07, 6.45) is 3.72. The van der Waals surface area contributed by atoms with Crippen molar-refractivity contribution in [1.29, 1.82) is 5.41 Å². The minimum atomic E-state index is -2.75. The van der Waals surface area contributed by atoms with Crippen LogP contribution in [0, 0.1) is 5.41 Å². The standard InChI is InChI=1S/C11H13F2NOS.C2H5N.C2H4.CH5N/c12-11(13)15-9-3-5-10(6-4-9)16-14-7-1-2-8-14;1-2-3;2*1-2/h3-6,11H,1-2,7-8H2;2-3H,1H3;1-2H2;2H2,1H3. The Kier molecular flexibility index (Phi) is 17.5. The zero-order valence-electron chi connectivity index (χ0n) is 13.8. The van der Waals surface area contributed by atoms with Gasteiger partial charge < -0.3 is 15.9 Å². The van der Waals surface area contributed by atoms with E-state index in [9.17, 15) is 8.78 Å². The minimum Gasteiger partial charge on any atom is -0.435 e. The van der Waals surface area contributed by atoms with Crippen LogP contribution in [0.3, 0.4) is 0 Å². The maximum Gasteiger partial charge on any atom is 0.387 e. The predicted molar refractivity (Wildman–Crippen MR) is 95.6 cm³/mol. The van der Waals surface area contributed by atoms with E-state index >= 15 is 0 Å². The first-order chi connectivity index (χ1) is 11.2. The van der Waals surface area contributed by atoms with Crippen LogP contribution in [0.5, 0.6) is 5.75 Å². The van der Waals surface area contributed by atoms with Gasteiger partial charge in [0.05, 0.1) is 0 Å². The van der Waals surface area contributed by atoms with Gasteiger partial charge >= 0.3 is 6.61 Å². The van der Waals surface area contributed by atoms with E-state index < -0.39 is 6.61 Å². The van der Waals surface area contributed by atoms with Gasteiger partial charge in [-0.15, -0.1) is 13.2 Å². The number of nitrogens with zero attached hydrogens (tertiary/aromatic N) is 1. The highest BCUT2D eigenvalue weighted by Crippen LogP contribution is 2.28. The van der Waals surface area contributed by atoms with Gasteiger partial charge in [-0.05, 0) is 69.2 Å². The smallest absolute Gasteiger partial charge is 0.387 e. The van der Waals surface area contributed by atoms with Crippen LogP contribution in [0.1, 0.15) is 19.8 Å². The lowest BCUT2D eigenvalue weighted by Gasteiger charge is -2.13. The Balaban J connectivity index is 0. The molecule has 0 atom stereocenters. The minimum absolute atomic E-state index is 0.209. The molecule has 0 amide bonds. The number of alkyl halides is 2. The number of ether oxygens (including phenoxy) is 1. The molecule has 132 valence electrons. The monoisotopic (exact) mass is 347 g/mol. The molecule has 1 aliphatic heterocycles. The molecule has 0 aliphatic carbocycles. The van der Waals surface area contributed by atoms with Crippen molar-refractivity contribution in [3.63, 3.8) is 0 Å². The summed E-state index contributed by atoms with van der Waals surface area (Å²) in [5.41, 5.74) is 4.50. The highest BCUT2D eigenvalue weighted by atomic mass is 32.2. The number of nitrogens with two attached hydrogens (primary N) is 1. The Bertz CT molecular complexity index is 385. The molecule has 3 N–H and O–H groups in total. The molecule has 0 radical (unpaired) electrons. The molecule has 1 aliphatic rings. The maximum absolute atomic E-state index is 11.9. The quantitative estimate of drug-likeness (QED) is 0.481. The summed E-state index contributed by atoms with van der Waals surface area (Å²) in [6.45, 7) is 7.11. The first-order valence-corrected chi connectivity index (χ1v) is 7.93. The van der Waals surface area contributed by atoms with Crippen LogP contribution in [0.2, 0.25) is 0 Å². The normalized spacial score (nSPS) is 12.8. The van der Waals surface area contributed by atoms with Crippen LogP contribution in [0.25, 0.3) is 0 Å². The number of nitrogens with one attached hydrogen (secondary N) is 1. The third kappa shape index (κ3) is 12.8. The number of hydrogen-bond donors (Lipinski definition) is 2. The van der Waals surface area contributed by atoms with E-state index in [2.05, 4.69) is 27.9 Å². The van der Waals surface area contributed by atoms with Gasteiger partial charge in [0.1, 0.15) is 5.75 Å². The number of halogens is 2. The van der Waals surface area contributed by atoms with Crippen molar-refractivity contribution in [2.45, 2.75) is 31.3 Å². The lowest BCUT2D eigenvalue weighted by Crippen LogP contribution is -2.08. The molecule has 7 heteroatoms. The Morgan fingerprint density at radius 3 is 2.04 bits per heavy atom. The van der Waals surface area contributed by atoms with E-state index in [1.165, 1.54) is 26.1 Å². The van der Waals surface area contributed by atoms with Crippen molar-refractivity contribution in [2.75, 3.05) is 20.1 Å². The van der Waals surface area contributed by atoms with E-state index in [1.54, 1.807) is 43.1 Å². The highest BCUT2D eigenvalue weighted by molar-refractivity contribution is 7.97. The average molecular weight is 347 g/mol. The summed E-state index contributed by atoms with van der Waals surface area (Å²) in [6, 6.07) is 6.76. The maximum atomic E-state index is 11.9. The first kappa shape index (κ1) is 23.8. The Morgan fingerprint density at radius 1 is 1.22 bits per heavy atom. The van der Waals surface area contributed by atoms with Crippen LogP contribution in [0.15, 0.2) is 42.3 Å². The molecule has 1 aromatic rings. The van der Waals surface area contributed by atoms with Gasteiger partial charge in [0.2, 0.25) is 0 Å². The van der Waals surface area contributed by atoms with Crippen molar-refractivity contribution in [3.05, 3.63) is 37.4 Å². The summed E-state index contributed by atoms with van der Waals surface area (Å²) in [5.74, 6) is 0.209. The zero-order chi connectivity index (χ0) is 18.1. The molecule has 4 nitrogen and oxygen atoms in total. The SMILES string of the molecule is C=C.CC=N.CN.FC(F)Oc1ccc(SN2CCCC2)cc1. The molecular weight excluding hydrogens is 320 g/mol. The molecule has 0 aromatic heterocycles. The molecule has 1 saturated heterocycles. The first-order valence-electron chi connectivity index (χ1n) is 7.16. The summed E-state index contributed by atoms with van der Waals surface area (Å²) < 4.78 is 30.4. The van der Waals surface area contributed by atoms with Gasteiger partial charge in [0, 0.05) is 18.0 Å². The summed E-state index contributed by atoms with van der Waals surface area (Å²) in [5, 5.41) is 6.08. The van der Waals surface area contributed by atoms with Gasteiger partial charge in [0.15, 0.2) is 0 Å². The lowest BCUT2D eigenvalue weighted by molar-refractivity contribution is -0.0498. The van der Waals surface area contributed by atoms with Crippen LogP contribution < -0.4 is 10.5 Å². The number of rotatable bonds is 4. The second-order valence-electron chi connectivity index (χ2n) is 3.87. The van der Waals surface area contributed by atoms with Crippen molar-refractivity contribution in [3.8, 4) is 5.75 Å². The molecular formula is C16H27F2N3OS. The molecule has 0 saturated carbocycles. The lowest BCUT2D eigenvalue weighted by atomic mass is 10.3. The zero-order valence-corrected chi connectivity index (χ0v) is 14.6. The van der Waals surface area contributed by atoms with Crippen LogP contribution in [-0.2, 0) is 0 Å². The van der Waals surface area contributed by atoms with E-state index in [1.807, 2.05) is 0 Å². The molecule has 0 unspecified atom stereocenters. The Hall–Kier alpha value is -1.44. The van der Waals surface area contributed by atoms with Crippen molar-refractivity contribution in [2.24, 2.45) is 5.73 Å². The van der Waals surface area contributed by atoms with Gasteiger partial charge in [-0.25, -0.2) is 4.31 Å². The second-order valence-corrected chi connectivity index (χ2v) is 5.04. The molecule has 1 fully saturated rings. The third-order valence-corrected chi connectivity index (χ3v) is 3.45. The Labute approximate surface area is 142 Å². The molecule has 2 rings (SSSR count). The Morgan fingerprint density at radius 2 is 1.65 bits per heavy atom. The van der Waals surface area contributed by atoms with Crippen molar-refractivity contribution in [1.82, 2.24) is 4.31 Å². The van der Waals surface area contributed by atoms with Crippen molar-refractivity contribution >= 4 is 18.2 Å². The highest BCUT2D eigenvalue weighted by Gasteiger charge is 2.12. The summed E-state index contributed by atoms with van der Waals surface area (Å²) in [4.78, 5) is 1.06.